The van der Waals surface area contributed by atoms with Crippen molar-refractivity contribution in [2.24, 2.45) is 11.8 Å². The van der Waals surface area contributed by atoms with Crippen molar-refractivity contribution >= 4 is 10.8 Å². The molecule has 84 valence electrons. The fraction of sp³-hybridized carbons (Fsp3) is 1.00. The first-order chi connectivity index (χ1) is 6.56. The molecule has 1 fully saturated rings. The van der Waals surface area contributed by atoms with E-state index in [1.54, 1.807) is 0 Å². The van der Waals surface area contributed by atoms with Crippen molar-refractivity contribution in [3.63, 3.8) is 0 Å². The topological polar surface area (TPSA) is 29.1 Å². The first-order valence-electron chi connectivity index (χ1n) is 5.61. The van der Waals surface area contributed by atoms with E-state index in [0.29, 0.717) is 17.2 Å². The third-order valence-electron chi connectivity index (χ3n) is 3.24. The van der Waals surface area contributed by atoms with E-state index in [2.05, 4.69) is 26.1 Å². The van der Waals surface area contributed by atoms with E-state index in [-0.39, 0.29) is 0 Å². The SMILES string of the molecule is CCNC1CC(C)CC(C)C1S(C)=O. The van der Waals surface area contributed by atoms with Crippen LogP contribution in [-0.4, -0.2) is 28.3 Å². The third-order valence-corrected chi connectivity index (χ3v) is 4.80. The molecule has 0 aromatic rings. The fourth-order valence-electron chi connectivity index (χ4n) is 2.85. The highest BCUT2D eigenvalue weighted by Gasteiger charge is 2.35. The maximum Gasteiger partial charge on any atom is 0.0524 e. The van der Waals surface area contributed by atoms with Crippen molar-refractivity contribution < 1.29 is 4.21 Å². The highest BCUT2D eigenvalue weighted by molar-refractivity contribution is 7.85. The minimum atomic E-state index is -0.691. The largest absolute Gasteiger partial charge is 0.313 e. The maximum absolute atomic E-state index is 11.7. The molecule has 5 atom stereocenters. The summed E-state index contributed by atoms with van der Waals surface area (Å²) in [5.41, 5.74) is 0. The summed E-state index contributed by atoms with van der Waals surface area (Å²) >= 11 is 0. The molecule has 2 nitrogen and oxygen atoms in total. The van der Waals surface area contributed by atoms with Crippen molar-refractivity contribution in [1.29, 1.82) is 0 Å². The Kier molecular flexibility index (Phi) is 4.58. The lowest BCUT2D eigenvalue weighted by atomic mass is 9.80. The molecule has 0 amide bonds. The van der Waals surface area contributed by atoms with Crippen LogP contribution in [0.1, 0.15) is 33.6 Å². The molecule has 0 aliphatic heterocycles. The molecule has 1 aliphatic rings. The first kappa shape index (κ1) is 12.2. The van der Waals surface area contributed by atoms with Crippen LogP contribution in [0.15, 0.2) is 0 Å². The number of rotatable bonds is 3. The van der Waals surface area contributed by atoms with Crippen LogP contribution < -0.4 is 5.32 Å². The van der Waals surface area contributed by atoms with E-state index in [0.717, 1.165) is 12.5 Å². The zero-order chi connectivity index (χ0) is 10.7. The van der Waals surface area contributed by atoms with E-state index < -0.39 is 10.8 Å². The molecule has 1 saturated carbocycles. The summed E-state index contributed by atoms with van der Waals surface area (Å²) in [6, 6.07) is 0.463. The minimum Gasteiger partial charge on any atom is -0.313 e. The van der Waals surface area contributed by atoms with E-state index in [9.17, 15) is 4.21 Å². The molecular weight excluding hydrogens is 194 g/mol. The van der Waals surface area contributed by atoms with Crippen molar-refractivity contribution in [2.75, 3.05) is 12.8 Å². The Bertz CT molecular complexity index is 207. The molecule has 1 rings (SSSR count). The summed E-state index contributed by atoms with van der Waals surface area (Å²) in [5.74, 6) is 1.36. The van der Waals surface area contributed by atoms with Gasteiger partial charge in [0.15, 0.2) is 0 Å². The Balaban J connectivity index is 2.70. The van der Waals surface area contributed by atoms with Gasteiger partial charge < -0.3 is 5.32 Å². The zero-order valence-corrected chi connectivity index (χ0v) is 10.6. The standard InChI is InChI=1S/C11H23NOS/c1-5-12-10-7-8(2)6-9(3)11(10)14(4)13/h8-12H,5-7H2,1-4H3. The highest BCUT2D eigenvalue weighted by Crippen LogP contribution is 2.31. The molecule has 0 saturated heterocycles. The normalized spacial score (nSPS) is 40.9. The van der Waals surface area contributed by atoms with Crippen LogP contribution in [-0.2, 0) is 10.8 Å². The molecule has 0 radical (unpaired) electrons. The summed E-state index contributed by atoms with van der Waals surface area (Å²) in [6.07, 6.45) is 4.26. The van der Waals surface area contributed by atoms with Crippen LogP contribution in [0, 0.1) is 11.8 Å². The van der Waals surface area contributed by atoms with Gasteiger partial charge in [0.1, 0.15) is 0 Å². The van der Waals surface area contributed by atoms with Gasteiger partial charge >= 0.3 is 0 Å². The molecule has 0 heterocycles. The van der Waals surface area contributed by atoms with E-state index in [4.69, 9.17) is 0 Å². The number of nitrogens with one attached hydrogen (secondary N) is 1. The van der Waals surface area contributed by atoms with Gasteiger partial charge in [-0.15, -0.1) is 0 Å². The third kappa shape index (κ3) is 2.80. The average Bonchev–Trinajstić information content (AvgIpc) is 2.01. The number of hydrogen-bond acceptors (Lipinski definition) is 2. The van der Waals surface area contributed by atoms with Gasteiger partial charge in [-0.2, -0.15) is 0 Å². The van der Waals surface area contributed by atoms with Crippen molar-refractivity contribution in [2.45, 2.75) is 44.9 Å². The lowest BCUT2D eigenvalue weighted by Crippen LogP contribution is -2.49. The minimum absolute atomic E-state index is 0.353. The van der Waals surface area contributed by atoms with Crippen LogP contribution in [0.2, 0.25) is 0 Å². The predicted molar refractivity (Wildman–Crippen MR) is 62.9 cm³/mol. The van der Waals surface area contributed by atoms with Crippen LogP contribution >= 0.6 is 0 Å². The Morgan fingerprint density at radius 2 is 2.00 bits per heavy atom. The number of hydrogen-bond donors (Lipinski definition) is 1. The Morgan fingerprint density at radius 3 is 2.50 bits per heavy atom. The molecular formula is C11H23NOS. The van der Waals surface area contributed by atoms with Gasteiger partial charge in [-0.05, 0) is 31.2 Å². The molecule has 0 aromatic carbocycles. The van der Waals surface area contributed by atoms with Crippen molar-refractivity contribution in [3.05, 3.63) is 0 Å². The fourth-order valence-corrected chi connectivity index (χ4v) is 4.28. The molecule has 3 heteroatoms. The van der Waals surface area contributed by atoms with Crippen LogP contribution in [0.4, 0.5) is 0 Å². The Labute approximate surface area is 90.3 Å². The molecule has 1 N–H and O–H groups in total. The molecule has 0 spiro atoms. The van der Waals surface area contributed by atoms with E-state index >= 15 is 0 Å². The monoisotopic (exact) mass is 217 g/mol. The van der Waals surface area contributed by atoms with Gasteiger partial charge in [0.25, 0.3) is 0 Å². The molecule has 0 aromatic heterocycles. The Morgan fingerprint density at radius 1 is 1.36 bits per heavy atom. The highest BCUT2D eigenvalue weighted by atomic mass is 32.2. The molecule has 1 aliphatic carbocycles. The van der Waals surface area contributed by atoms with Crippen molar-refractivity contribution in [1.82, 2.24) is 5.32 Å². The lowest BCUT2D eigenvalue weighted by molar-refractivity contribution is 0.248. The van der Waals surface area contributed by atoms with Crippen molar-refractivity contribution in [3.8, 4) is 0 Å². The smallest absolute Gasteiger partial charge is 0.0524 e. The second kappa shape index (κ2) is 5.26. The Hall–Kier alpha value is 0.110. The van der Waals surface area contributed by atoms with Gasteiger partial charge in [0.05, 0.1) is 5.25 Å². The summed E-state index contributed by atoms with van der Waals surface area (Å²) in [6.45, 7) is 7.65. The second-order valence-electron chi connectivity index (χ2n) is 4.68. The molecule has 0 bridgehead atoms. The van der Waals surface area contributed by atoms with Crippen LogP contribution in [0.25, 0.3) is 0 Å². The lowest BCUT2D eigenvalue weighted by Gasteiger charge is -2.38. The summed E-state index contributed by atoms with van der Waals surface area (Å²) in [7, 11) is -0.691. The van der Waals surface area contributed by atoms with Gasteiger partial charge in [-0.1, -0.05) is 20.8 Å². The van der Waals surface area contributed by atoms with Crippen LogP contribution in [0.5, 0.6) is 0 Å². The van der Waals surface area contributed by atoms with Gasteiger partial charge in [0.2, 0.25) is 0 Å². The molecule has 14 heavy (non-hydrogen) atoms. The van der Waals surface area contributed by atoms with E-state index in [1.807, 2.05) is 6.26 Å². The second-order valence-corrected chi connectivity index (χ2v) is 6.22. The maximum atomic E-state index is 11.7. The first-order valence-corrected chi connectivity index (χ1v) is 7.24. The average molecular weight is 217 g/mol. The van der Waals surface area contributed by atoms with E-state index in [1.165, 1.54) is 12.8 Å². The predicted octanol–water partition coefficient (Wildman–Crippen LogP) is 1.78. The van der Waals surface area contributed by atoms with Gasteiger partial charge in [0, 0.05) is 23.1 Å². The van der Waals surface area contributed by atoms with Gasteiger partial charge in [-0.3, -0.25) is 4.21 Å². The summed E-state index contributed by atoms with van der Waals surface area (Å²) in [5, 5.41) is 3.84. The zero-order valence-electron chi connectivity index (χ0n) is 9.75. The summed E-state index contributed by atoms with van der Waals surface area (Å²) in [4.78, 5) is 0. The summed E-state index contributed by atoms with van der Waals surface area (Å²) < 4.78 is 11.7. The molecule has 5 unspecified atom stereocenters. The quantitative estimate of drug-likeness (QED) is 0.781. The van der Waals surface area contributed by atoms with Gasteiger partial charge in [-0.25, -0.2) is 0 Å². The van der Waals surface area contributed by atoms with Crippen LogP contribution in [0.3, 0.4) is 0 Å².